The number of hydrogen-bond acceptors (Lipinski definition) is 2. The molecule has 1 aliphatic heterocycles. The minimum absolute atomic E-state index is 0.629. The third-order valence-electron chi connectivity index (χ3n) is 2.41. The summed E-state index contributed by atoms with van der Waals surface area (Å²) in [5, 5.41) is 0.924. The fourth-order valence-corrected chi connectivity index (χ4v) is 1.73. The van der Waals surface area contributed by atoms with E-state index in [-0.39, 0.29) is 0 Å². The van der Waals surface area contributed by atoms with Crippen LogP contribution in [-0.4, -0.2) is 42.0 Å². The van der Waals surface area contributed by atoms with Crippen LogP contribution in [0, 0.1) is 0 Å². The van der Waals surface area contributed by atoms with Gasteiger partial charge in [0.25, 0.3) is 0 Å². The maximum atomic E-state index is 5.39. The molecule has 0 aromatic heterocycles. The van der Waals surface area contributed by atoms with Crippen molar-refractivity contribution in [3.05, 3.63) is 0 Å². The van der Waals surface area contributed by atoms with Crippen molar-refractivity contribution in [1.29, 1.82) is 0 Å². The van der Waals surface area contributed by atoms with E-state index in [1.807, 2.05) is 11.9 Å². The highest BCUT2D eigenvalue weighted by molar-refractivity contribution is 7.80. The van der Waals surface area contributed by atoms with E-state index < -0.39 is 0 Å². The standard InChI is InChI=1S/C10H20N2OS/c1-3-4-5-6-7-12-9-13-8-11(2)10(12)14/h3-9H2,1-2H3. The zero-order valence-electron chi connectivity index (χ0n) is 9.16. The zero-order valence-corrected chi connectivity index (χ0v) is 9.98. The van der Waals surface area contributed by atoms with Crippen LogP contribution in [-0.2, 0) is 4.74 Å². The van der Waals surface area contributed by atoms with Gasteiger partial charge in [0.15, 0.2) is 5.11 Å². The van der Waals surface area contributed by atoms with Gasteiger partial charge in [-0.1, -0.05) is 26.2 Å². The first kappa shape index (κ1) is 11.7. The lowest BCUT2D eigenvalue weighted by Gasteiger charge is -2.35. The van der Waals surface area contributed by atoms with E-state index in [4.69, 9.17) is 17.0 Å². The van der Waals surface area contributed by atoms with Gasteiger partial charge in [0, 0.05) is 13.6 Å². The molecule has 0 aromatic rings. The molecular formula is C10H20N2OS. The van der Waals surface area contributed by atoms with Gasteiger partial charge in [-0.3, -0.25) is 0 Å². The van der Waals surface area contributed by atoms with Gasteiger partial charge in [0.2, 0.25) is 0 Å². The van der Waals surface area contributed by atoms with Crippen LogP contribution in [0.2, 0.25) is 0 Å². The Labute approximate surface area is 92.0 Å². The van der Waals surface area contributed by atoms with Gasteiger partial charge in [-0.15, -0.1) is 0 Å². The fourth-order valence-electron chi connectivity index (χ4n) is 1.53. The van der Waals surface area contributed by atoms with E-state index in [2.05, 4.69) is 11.8 Å². The summed E-state index contributed by atoms with van der Waals surface area (Å²) < 4.78 is 5.39. The van der Waals surface area contributed by atoms with Crippen molar-refractivity contribution in [3.8, 4) is 0 Å². The van der Waals surface area contributed by atoms with E-state index in [1.54, 1.807) is 0 Å². The number of rotatable bonds is 5. The summed E-state index contributed by atoms with van der Waals surface area (Å²) in [6.45, 7) is 4.55. The summed E-state index contributed by atoms with van der Waals surface area (Å²) in [6, 6.07) is 0. The highest BCUT2D eigenvalue weighted by Gasteiger charge is 2.18. The lowest BCUT2D eigenvalue weighted by atomic mass is 10.2. The van der Waals surface area contributed by atoms with Crippen LogP contribution in [0.25, 0.3) is 0 Å². The van der Waals surface area contributed by atoms with Crippen molar-refractivity contribution >= 4 is 17.3 Å². The molecule has 3 nitrogen and oxygen atoms in total. The van der Waals surface area contributed by atoms with Gasteiger partial charge in [0.05, 0.1) is 0 Å². The van der Waals surface area contributed by atoms with Crippen LogP contribution in [0.4, 0.5) is 0 Å². The molecule has 0 spiro atoms. The highest BCUT2D eigenvalue weighted by Crippen LogP contribution is 2.08. The first-order valence-corrected chi connectivity index (χ1v) is 5.74. The summed E-state index contributed by atoms with van der Waals surface area (Å²) >= 11 is 5.30. The Balaban J connectivity index is 2.19. The quantitative estimate of drug-likeness (QED) is 0.516. The largest absolute Gasteiger partial charge is 0.341 e. The topological polar surface area (TPSA) is 15.7 Å². The monoisotopic (exact) mass is 216 g/mol. The number of ether oxygens (including phenoxy) is 1. The molecular weight excluding hydrogens is 196 g/mol. The van der Waals surface area contributed by atoms with E-state index in [0.29, 0.717) is 13.5 Å². The average molecular weight is 216 g/mol. The SMILES string of the molecule is CCCCCCN1COCN(C)C1=S. The first-order valence-electron chi connectivity index (χ1n) is 5.33. The Morgan fingerprint density at radius 3 is 2.79 bits per heavy atom. The van der Waals surface area contributed by atoms with Gasteiger partial charge in [0.1, 0.15) is 13.5 Å². The Hall–Kier alpha value is -0.350. The second kappa shape index (κ2) is 6.19. The minimum atomic E-state index is 0.629. The number of hydrogen-bond donors (Lipinski definition) is 0. The Morgan fingerprint density at radius 2 is 2.07 bits per heavy atom. The molecule has 0 atom stereocenters. The van der Waals surface area contributed by atoms with Crippen LogP contribution in [0.5, 0.6) is 0 Å². The van der Waals surface area contributed by atoms with Gasteiger partial charge >= 0.3 is 0 Å². The molecule has 0 unspecified atom stereocenters. The first-order chi connectivity index (χ1) is 6.75. The molecule has 82 valence electrons. The molecule has 0 N–H and O–H groups in total. The normalized spacial score (nSPS) is 17.7. The average Bonchev–Trinajstić information content (AvgIpc) is 2.19. The summed E-state index contributed by atoms with van der Waals surface area (Å²) in [5.41, 5.74) is 0. The van der Waals surface area contributed by atoms with Crippen molar-refractivity contribution in [1.82, 2.24) is 9.80 Å². The molecule has 0 amide bonds. The predicted molar refractivity (Wildman–Crippen MR) is 62.0 cm³/mol. The molecule has 1 rings (SSSR count). The van der Waals surface area contributed by atoms with Gasteiger partial charge < -0.3 is 14.5 Å². The van der Waals surface area contributed by atoms with Crippen LogP contribution < -0.4 is 0 Å². The number of thiocarbonyl (C=S) groups is 1. The zero-order chi connectivity index (χ0) is 10.4. The Bertz CT molecular complexity index is 187. The van der Waals surface area contributed by atoms with E-state index in [1.165, 1.54) is 25.7 Å². The third kappa shape index (κ3) is 3.42. The minimum Gasteiger partial charge on any atom is -0.341 e. The molecule has 0 saturated carbocycles. The molecule has 0 aromatic carbocycles. The molecule has 0 bridgehead atoms. The Kier molecular flexibility index (Phi) is 5.19. The number of unbranched alkanes of at least 4 members (excludes halogenated alkanes) is 3. The second-order valence-electron chi connectivity index (χ2n) is 3.77. The molecule has 1 saturated heterocycles. The molecule has 1 heterocycles. The van der Waals surface area contributed by atoms with Gasteiger partial charge in [-0.25, -0.2) is 0 Å². The van der Waals surface area contributed by atoms with Crippen LogP contribution >= 0.6 is 12.2 Å². The van der Waals surface area contributed by atoms with Gasteiger partial charge in [-0.2, -0.15) is 0 Å². The highest BCUT2D eigenvalue weighted by atomic mass is 32.1. The lowest BCUT2D eigenvalue weighted by Crippen LogP contribution is -2.48. The fraction of sp³-hybridized carbons (Fsp3) is 0.900. The lowest BCUT2D eigenvalue weighted by molar-refractivity contribution is -0.0151. The maximum Gasteiger partial charge on any atom is 0.174 e. The number of nitrogens with zero attached hydrogens (tertiary/aromatic N) is 2. The summed E-state index contributed by atoms with van der Waals surface area (Å²) in [7, 11) is 1.97. The molecule has 14 heavy (non-hydrogen) atoms. The Morgan fingerprint density at radius 1 is 1.29 bits per heavy atom. The smallest absolute Gasteiger partial charge is 0.174 e. The van der Waals surface area contributed by atoms with Gasteiger partial charge in [-0.05, 0) is 18.6 Å². The van der Waals surface area contributed by atoms with Crippen molar-refractivity contribution in [2.45, 2.75) is 32.6 Å². The predicted octanol–water partition coefficient (Wildman–Crippen LogP) is 2.03. The van der Waals surface area contributed by atoms with Crippen molar-refractivity contribution in [2.24, 2.45) is 0 Å². The van der Waals surface area contributed by atoms with E-state index >= 15 is 0 Å². The summed E-state index contributed by atoms with van der Waals surface area (Å²) in [6.07, 6.45) is 5.10. The third-order valence-corrected chi connectivity index (χ3v) is 2.98. The van der Waals surface area contributed by atoms with Crippen molar-refractivity contribution in [3.63, 3.8) is 0 Å². The van der Waals surface area contributed by atoms with E-state index in [9.17, 15) is 0 Å². The second-order valence-corrected chi connectivity index (χ2v) is 4.13. The molecule has 1 fully saturated rings. The maximum absolute atomic E-state index is 5.39. The van der Waals surface area contributed by atoms with Crippen LogP contribution in [0.1, 0.15) is 32.6 Å². The van der Waals surface area contributed by atoms with E-state index in [0.717, 1.165) is 11.7 Å². The van der Waals surface area contributed by atoms with Crippen molar-refractivity contribution < 1.29 is 4.74 Å². The summed E-state index contributed by atoms with van der Waals surface area (Å²) in [4.78, 5) is 4.10. The molecule has 0 radical (unpaired) electrons. The molecule has 0 aliphatic carbocycles. The van der Waals surface area contributed by atoms with Crippen LogP contribution in [0.3, 0.4) is 0 Å². The summed E-state index contributed by atoms with van der Waals surface area (Å²) in [5.74, 6) is 0. The molecule has 4 heteroatoms. The van der Waals surface area contributed by atoms with Crippen molar-refractivity contribution in [2.75, 3.05) is 27.1 Å². The molecule has 1 aliphatic rings. The van der Waals surface area contributed by atoms with Crippen LogP contribution in [0.15, 0.2) is 0 Å².